The molecule has 28 heavy (non-hydrogen) atoms. The van der Waals surface area contributed by atoms with Crippen LogP contribution in [0.2, 0.25) is 0 Å². The standard InChI is InChI=1S/C19H25NO7S/c1-2-3-7-20(15-6-10-28(23,24)13-15)18(21)12-27-19(22)14-4-5-16-17(11-14)26-9-8-25-16/h4-5,11,15H,2-3,6-10,12-13H2,1H3. The van der Waals surface area contributed by atoms with Crippen molar-refractivity contribution in [1.29, 1.82) is 0 Å². The van der Waals surface area contributed by atoms with Crippen LogP contribution in [0.3, 0.4) is 0 Å². The molecule has 0 aliphatic carbocycles. The molecule has 2 heterocycles. The number of carbonyl (C=O) groups excluding carboxylic acids is 2. The van der Waals surface area contributed by atoms with Crippen LogP contribution in [0.4, 0.5) is 0 Å². The maximum Gasteiger partial charge on any atom is 0.338 e. The van der Waals surface area contributed by atoms with Crippen molar-refractivity contribution < 1.29 is 32.2 Å². The molecule has 0 radical (unpaired) electrons. The molecule has 1 saturated heterocycles. The van der Waals surface area contributed by atoms with Crippen molar-refractivity contribution in [3.8, 4) is 11.5 Å². The summed E-state index contributed by atoms with van der Waals surface area (Å²) in [5.74, 6) is 0.0735. The molecule has 1 aromatic carbocycles. The maximum absolute atomic E-state index is 12.6. The zero-order valence-corrected chi connectivity index (χ0v) is 16.7. The second-order valence-electron chi connectivity index (χ2n) is 6.93. The molecule has 8 nitrogen and oxygen atoms in total. The van der Waals surface area contributed by atoms with Crippen LogP contribution in [0.1, 0.15) is 36.5 Å². The second-order valence-corrected chi connectivity index (χ2v) is 9.16. The Labute approximate surface area is 164 Å². The van der Waals surface area contributed by atoms with Crippen LogP contribution in [0.25, 0.3) is 0 Å². The largest absolute Gasteiger partial charge is 0.486 e. The number of fused-ring (bicyclic) bond motifs is 1. The quantitative estimate of drug-likeness (QED) is 0.626. The Bertz CT molecular complexity index is 837. The van der Waals surface area contributed by atoms with Crippen LogP contribution in [-0.2, 0) is 19.4 Å². The number of esters is 1. The highest BCUT2D eigenvalue weighted by Gasteiger charge is 2.34. The lowest BCUT2D eigenvalue weighted by atomic mass is 10.2. The van der Waals surface area contributed by atoms with Gasteiger partial charge in [0.1, 0.15) is 13.2 Å². The summed E-state index contributed by atoms with van der Waals surface area (Å²) >= 11 is 0. The Hall–Kier alpha value is -2.29. The van der Waals surface area contributed by atoms with Crippen LogP contribution in [0, 0.1) is 0 Å². The zero-order valence-electron chi connectivity index (χ0n) is 15.9. The molecule has 1 fully saturated rings. The number of unbranched alkanes of at least 4 members (excludes halogenated alkanes) is 1. The van der Waals surface area contributed by atoms with Gasteiger partial charge in [-0.25, -0.2) is 13.2 Å². The maximum atomic E-state index is 12.6. The number of amides is 1. The Balaban J connectivity index is 1.61. The molecule has 1 atom stereocenters. The minimum absolute atomic E-state index is 0.0292. The van der Waals surface area contributed by atoms with Crippen molar-refractivity contribution >= 4 is 21.7 Å². The van der Waals surface area contributed by atoms with Gasteiger partial charge in [0.15, 0.2) is 27.9 Å². The lowest BCUT2D eigenvalue weighted by Crippen LogP contribution is -2.43. The molecule has 1 unspecified atom stereocenters. The first-order valence-corrected chi connectivity index (χ1v) is 11.3. The molecule has 0 bridgehead atoms. The van der Waals surface area contributed by atoms with Crippen LogP contribution >= 0.6 is 0 Å². The van der Waals surface area contributed by atoms with Crippen molar-refractivity contribution in [3.05, 3.63) is 23.8 Å². The summed E-state index contributed by atoms with van der Waals surface area (Å²) in [6.45, 7) is 2.89. The first-order chi connectivity index (χ1) is 13.4. The van der Waals surface area contributed by atoms with Gasteiger partial charge in [-0.1, -0.05) is 13.3 Å². The van der Waals surface area contributed by atoms with E-state index in [9.17, 15) is 18.0 Å². The molecule has 0 N–H and O–H groups in total. The van der Waals surface area contributed by atoms with Crippen LogP contribution in [-0.4, -0.2) is 69.1 Å². The summed E-state index contributed by atoms with van der Waals surface area (Å²) in [5, 5.41) is 0. The van der Waals surface area contributed by atoms with E-state index in [0.717, 1.165) is 12.8 Å². The third-order valence-electron chi connectivity index (χ3n) is 4.83. The number of rotatable bonds is 7. The monoisotopic (exact) mass is 411 g/mol. The van der Waals surface area contributed by atoms with E-state index in [-0.39, 0.29) is 29.0 Å². The number of carbonyl (C=O) groups is 2. The van der Waals surface area contributed by atoms with Crippen molar-refractivity contribution in [2.45, 2.75) is 32.2 Å². The minimum atomic E-state index is -3.11. The highest BCUT2D eigenvalue weighted by atomic mass is 32.2. The molecular formula is C19H25NO7S. The third-order valence-corrected chi connectivity index (χ3v) is 6.58. The summed E-state index contributed by atoms with van der Waals surface area (Å²) in [7, 11) is -3.11. The fourth-order valence-electron chi connectivity index (χ4n) is 3.32. The van der Waals surface area contributed by atoms with Crippen molar-refractivity contribution in [3.63, 3.8) is 0 Å². The number of ether oxygens (including phenoxy) is 3. The summed E-state index contributed by atoms with van der Waals surface area (Å²) in [6, 6.07) is 4.36. The Kier molecular flexibility index (Phi) is 6.43. The highest BCUT2D eigenvalue weighted by Crippen LogP contribution is 2.31. The number of hydrogen-bond donors (Lipinski definition) is 0. The molecular weight excluding hydrogens is 386 g/mol. The molecule has 0 spiro atoms. The summed E-state index contributed by atoms with van der Waals surface area (Å²) in [4.78, 5) is 26.5. The average Bonchev–Trinajstić information content (AvgIpc) is 3.05. The van der Waals surface area contributed by atoms with E-state index in [1.807, 2.05) is 6.92 Å². The first kappa shape index (κ1) is 20.4. The molecule has 154 valence electrons. The van der Waals surface area contributed by atoms with Gasteiger partial charge in [0, 0.05) is 12.6 Å². The Morgan fingerprint density at radius 3 is 2.64 bits per heavy atom. The summed E-state index contributed by atoms with van der Waals surface area (Å²) < 4.78 is 39.6. The van der Waals surface area contributed by atoms with E-state index in [1.54, 1.807) is 17.0 Å². The molecule has 0 saturated carbocycles. The molecule has 9 heteroatoms. The fourth-order valence-corrected chi connectivity index (χ4v) is 5.06. The van der Waals surface area contributed by atoms with Gasteiger partial charge >= 0.3 is 5.97 Å². The molecule has 1 aromatic rings. The SMILES string of the molecule is CCCCN(C(=O)COC(=O)c1ccc2c(c1)OCCO2)C1CCS(=O)(=O)C1. The molecule has 0 aromatic heterocycles. The van der Waals surface area contributed by atoms with Gasteiger partial charge in [0.25, 0.3) is 5.91 Å². The topological polar surface area (TPSA) is 99.2 Å². The number of nitrogens with zero attached hydrogens (tertiary/aromatic N) is 1. The van der Waals surface area contributed by atoms with E-state index in [0.29, 0.717) is 37.7 Å². The Morgan fingerprint density at radius 1 is 1.21 bits per heavy atom. The number of sulfone groups is 1. The van der Waals surface area contributed by atoms with Crippen molar-refractivity contribution in [2.24, 2.45) is 0 Å². The molecule has 2 aliphatic heterocycles. The summed E-state index contributed by atoms with van der Waals surface area (Å²) in [5.41, 5.74) is 0.264. The van der Waals surface area contributed by atoms with E-state index in [2.05, 4.69) is 0 Å². The van der Waals surface area contributed by atoms with Gasteiger partial charge in [-0.15, -0.1) is 0 Å². The molecule has 2 aliphatic rings. The van der Waals surface area contributed by atoms with E-state index < -0.39 is 22.4 Å². The highest BCUT2D eigenvalue weighted by molar-refractivity contribution is 7.91. The zero-order chi connectivity index (χ0) is 20.1. The third kappa shape index (κ3) is 4.95. The number of hydrogen-bond acceptors (Lipinski definition) is 7. The van der Waals surface area contributed by atoms with E-state index >= 15 is 0 Å². The molecule has 3 rings (SSSR count). The van der Waals surface area contributed by atoms with Crippen molar-refractivity contribution in [1.82, 2.24) is 4.90 Å². The lowest BCUT2D eigenvalue weighted by molar-refractivity contribution is -0.136. The predicted octanol–water partition coefficient (Wildman–Crippen LogP) is 1.43. The first-order valence-electron chi connectivity index (χ1n) is 9.46. The fraction of sp³-hybridized carbons (Fsp3) is 0.579. The van der Waals surface area contributed by atoms with Crippen LogP contribution in [0.5, 0.6) is 11.5 Å². The van der Waals surface area contributed by atoms with Crippen LogP contribution < -0.4 is 9.47 Å². The predicted molar refractivity (Wildman–Crippen MR) is 101 cm³/mol. The molecule has 1 amide bonds. The average molecular weight is 411 g/mol. The normalized spacial score (nSPS) is 19.8. The smallest absolute Gasteiger partial charge is 0.338 e. The minimum Gasteiger partial charge on any atom is -0.486 e. The van der Waals surface area contributed by atoms with Gasteiger partial charge in [-0.05, 0) is 31.0 Å². The van der Waals surface area contributed by atoms with Gasteiger partial charge in [0.2, 0.25) is 0 Å². The van der Waals surface area contributed by atoms with Gasteiger partial charge in [-0.3, -0.25) is 4.79 Å². The summed E-state index contributed by atoms with van der Waals surface area (Å²) in [6.07, 6.45) is 2.06. The van der Waals surface area contributed by atoms with Crippen LogP contribution in [0.15, 0.2) is 18.2 Å². The van der Waals surface area contributed by atoms with Gasteiger partial charge < -0.3 is 19.1 Å². The second kappa shape index (κ2) is 8.81. The van der Waals surface area contributed by atoms with E-state index in [4.69, 9.17) is 14.2 Å². The van der Waals surface area contributed by atoms with Gasteiger partial charge in [-0.2, -0.15) is 0 Å². The van der Waals surface area contributed by atoms with Crippen molar-refractivity contribution in [2.75, 3.05) is 37.9 Å². The lowest BCUT2D eigenvalue weighted by Gasteiger charge is -2.28. The van der Waals surface area contributed by atoms with E-state index in [1.165, 1.54) is 6.07 Å². The Morgan fingerprint density at radius 2 is 1.96 bits per heavy atom. The number of benzene rings is 1. The van der Waals surface area contributed by atoms with Gasteiger partial charge in [0.05, 0.1) is 17.1 Å².